The van der Waals surface area contributed by atoms with E-state index in [0.717, 1.165) is 12.1 Å². The average molecular weight is 295 g/mol. The summed E-state index contributed by atoms with van der Waals surface area (Å²) in [5, 5.41) is 4.45. The molecule has 21 heavy (non-hydrogen) atoms. The van der Waals surface area contributed by atoms with Crippen molar-refractivity contribution in [1.29, 1.82) is 0 Å². The molecule has 0 aromatic carbocycles. The van der Waals surface area contributed by atoms with Crippen LogP contribution < -0.4 is 0 Å². The molecule has 1 atom stereocenters. The fourth-order valence-electron chi connectivity index (χ4n) is 2.71. The van der Waals surface area contributed by atoms with Gasteiger partial charge in [-0.25, -0.2) is 4.79 Å². The maximum Gasteiger partial charge on any atom is 0.410 e. The molecule has 0 spiro atoms. The van der Waals surface area contributed by atoms with Gasteiger partial charge in [-0.05, 0) is 34.6 Å². The average Bonchev–Trinajstić information content (AvgIpc) is 2.66. The molecule has 1 aromatic heterocycles. The molecule has 2 rings (SSSR count). The number of amides is 1. The van der Waals surface area contributed by atoms with Crippen molar-refractivity contribution in [2.45, 2.75) is 66.5 Å². The van der Waals surface area contributed by atoms with Crippen molar-refractivity contribution in [1.82, 2.24) is 14.7 Å². The van der Waals surface area contributed by atoms with E-state index in [1.165, 1.54) is 11.3 Å². The van der Waals surface area contributed by atoms with Crippen molar-refractivity contribution in [3.8, 4) is 0 Å². The summed E-state index contributed by atoms with van der Waals surface area (Å²) in [5.41, 5.74) is 2.93. The van der Waals surface area contributed by atoms with E-state index in [-0.39, 0.29) is 12.1 Å². The van der Waals surface area contributed by atoms with E-state index < -0.39 is 5.60 Å². The fourth-order valence-corrected chi connectivity index (χ4v) is 2.71. The molecule has 2 heterocycles. The Labute approximate surface area is 128 Å². The van der Waals surface area contributed by atoms with Gasteiger partial charge in [-0.2, -0.15) is 5.10 Å². The normalized spacial score (nSPS) is 17.7. The molecule has 1 aliphatic heterocycles. The van der Waals surface area contributed by atoms with Gasteiger partial charge in [0, 0.05) is 31.3 Å². The highest BCUT2D eigenvalue weighted by molar-refractivity contribution is 5.69. The summed E-state index contributed by atoms with van der Waals surface area (Å²) < 4.78 is 7.39. The van der Waals surface area contributed by atoms with Crippen molar-refractivity contribution in [2.24, 2.45) is 7.05 Å². The van der Waals surface area contributed by atoms with Gasteiger partial charge < -0.3 is 9.64 Å². The summed E-state index contributed by atoms with van der Waals surface area (Å²) in [6.45, 7) is 14.4. The molecule has 120 valence electrons. The van der Waals surface area contributed by atoms with Crippen LogP contribution in [0.2, 0.25) is 0 Å². The third-order valence-corrected chi connectivity index (χ3v) is 3.49. The van der Waals surface area contributed by atoms with Crippen LogP contribution in [0, 0.1) is 6.92 Å². The highest BCUT2D eigenvalue weighted by atomic mass is 16.6. The second kappa shape index (κ2) is 6.50. The van der Waals surface area contributed by atoms with Crippen LogP contribution in [-0.4, -0.2) is 32.9 Å². The largest absolute Gasteiger partial charge is 0.444 e. The highest BCUT2D eigenvalue weighted by Gasteiger charge is 2.34. The van der Waals surface area contributed by atoms with Crippen LogP contribution in [0.25, 0.3) is 0 Å². The first-order valence-corrected chi connectivity index (χ1v) is 7.72. The van der Waals surface area contributed by atoms with Crippen LogP contribution in [0.15, 0.2) is 0 Å². The van der Waals surface area contributed by atoms with Gasteiger partial charge in [-0.3, -0.25) is 4.68 Å². The number of aryl methyl sites for hydroxylation is 2. The Kier molecular flexibility index (Phi) is 5.42. The van der Waals surface area contributed by atoms with Crippen LogP contribution in [-0.2, 0) is 18.2 Å². The van der Waals surface area contributed by atoms with Crippen LogP contribution in [0.3, 0.4) is 0 Å². The summed E-state index contributed by atoms with van der Waals surface area (Å²) in [7, 11) is 1.96. The molecule has 1 aliphatic rings. The molecular formula is C16H29N3O2. The standard InChI is InChI=1S/C14H23N3O2.C2H6/c1-9-12-10(2)17(13(18)19-14(3,4)5)8-7-11(12)16(6)15-9;1-2/h10H,7-8H2,1-6H3;1-2H3. The molecule has 0 saturated heterocycles. The monoisotopic (exact) mass is 295 g/mol. The third kappa shape index (κ3) is 3.77. The highest BCUT2D eigenvalue weighted by Crippen LogP contribution is 2.32. The van der Waals surface area contributed by atoms with Crippen molar-refractivity contribution >= 4 is 6.09 Å². The number of aromatic nitrogens is 2. The maximum absolute atomic E-state index is 12.2. The molecule has 1 aromatic rings. The van der Waals surface area contributed by atoms with Crippen LogP contribution in [0.4, 0.5) is 4.79 Å². The van der Waals surface area contributed by atoms with Gasteiger partial charge in [0.2, 0.25) is 0 Å². The summed E-state index contributed by atoms with van der Waals surface area (Å²) in [4.78, 5) is 14.0. The zero-order valence-corrected chi connectivity index (χ0v) is 14.6. The van der Waals surface area contributed by atoms with Crippen LogP contribution in [0.5, 0.6) is 0 Å². The van der Waals surface area contributed by atoms with Crippen LogP contribution >= 0.6 is 0 Å². The van der Waals surface area contributed by atoms with Crippen molar-refractivity contribution in [3.63, 3.8) is 0 Å². The predicted octanol–water partition coefficient (Wildman–Crippen LogP) is 3.61. The molecule has 0 saturated carbocycles. The Balaban J connectivity index is 0.00000106. The number of rotatable bonds is 0. The zero-order valence-electron chi connectivity index (χ0n) is 14.6. The summed E-state index contributed by atoms with van der Waals surface area (Å²) in [5.74, 6) is 0. The predicted molar refractivity (Wildman–Crippen MR) is 84.4 cm³/mol. The Morgan fingerprint density at radius 3 is 2.43 bits per heavy atom. The quantitative estimate of drug-likeness (QED) is 0.734. The molecular weight excluding hydrogens is 266 g/mol. The van der Waals surface area contributed by atoms with E-state index in [1.807, 2.05) is 60.2 Å². The summed E-state index contributed by atoms with van der Waals surface area (Å²) in [6.07, 6.45) is 0.588. The van der Waals surface area contributed by atoms with E-state index in [1.54, 1.807) is 4.90 Å². The molecule has 1 unspecified atom stereocenters. The third-order valence-electron chi connectivity index (χ3n) is 3.49. The molecule has 1 amide bonds. The lowest BCUT2D eigenvalue weighted by Crippen LogP contribution is -2.42. The first-order chi connectivity index (χ1) is 9.70. The van der Waals surface area contributed by atoms with Crippen molar-refractivity contribution < 1.29 is 9.53 Å². The number of fused-ring (bicyclic) bond motifs is 1. The first kappa shape index (κ1) is 17.5. The van der Waals surface area contributed by atoms with Gasteiger partial charge in [0.1, 0.15) is 5.60 Å². The van der Waals surface area contributed by atoms with E-state index >= 15 is 0 Å². The summed E-state index contributed by atoms with van der Waals surface area (Å²) in [6, 6.07) is 0.0206. The molecule has 5 heteroatoms. The number of ether oxygens (including phenoxy) is 1. The van der Waals surface area contributed by atoms with Gasteiger partial charge in [0.25, 0.3) is 0 Å². The second-order valence-electron chi connectivity index (χ2n) is 6.17. The van der Waals surface area contributed by atoms with Gasteiger partial charge in [-0.15, -0.1) is 0 Å². The molecule has 0 radical (unpaired) electrons. The van der Waals surface area contributed by atoms with E-state index in [9.17, 15) is 4.79 Å². The smallest absolute Gasteiger partial charge is 0.410 e. The van der Waals surface area contributed by atoms with Gasteiger partial charge in [0.15, 0.2) is 0 Å². The topological polar surface area (TPSA) is 47.4 Å². The Morgan fingerprint density at radius 1 is 1.33 bits per heavy atom. The lowest BCUT2D eigenvalue weighted by Gasteiger charge is -2.35. The van der Waals surface area contributed by atoms with Crippen LogP contribution in [0.1, 0.15) is 64.5 Å². The maximum atomic E-state index is 12.2. The molecule has 0 aliphatic carbocycles. The SMILES string of the molecule is CC.Cc1nn(C)c2c1C(C)N(C(=O)OC(C)(C)C)CC2. The fraction of sp³-hybridized carbons (Fsp3) is 0.750. The molecule has 5 nitrogen and oxygen atoms in total. The van der Waals surface area contributed by atoms with Gasteiger partial charge >= 0.3 is 6.09 Å². The summed E-state index contributed by atoms with van der Waals surface area (Å²) >= 11 is 0. The van der Waals surface area contributed by atoms with Crippen molar-refractivity contribution in [2.75, 3.05) is 6.54 Å². The Hall–Kier alpha value is -1.52. The Morgan fingerprint density at radius 2 is 1.90 bits per heavy atom. The number of carbonyl (C=O) groups excluding carboxylic acids is 1. The molecule has 0 N–H and O–H groups in total. The lowest BCUT2D eigenvalue weighted by molar-refractivity contribution is 0.0158. The molecule has 0 fully saturated rings. The zero-order chi connectivity index (χ0) is 16.4. The first-order valence-electron chi connectivity index (χ1n) is 7.72. The number of carbonyl (C=O) groups is 1. The number of hydrogen-bond donors (Lipinski definition) is 0. The van der Waals surface area contributed by atoms with Gasteiger partial charge in [0.05, 0.1) is 11.7 Å². The minimum atomic E-state index is -0.457. The second-order valence-corrected chi connectivity index (χ2v) is 6.17. The van der Waals surface area contributed by atoms with Crippen molar-refractivity contribution in [3.05, 3.63) is 17.0 Å². The van der Waals surface area contributed by atoms with E-state index in [2.05, 4.69) is 5.10 Å². The van der Waals surface area contributed by atoms with E-state index in [0.29, 0.717) is 6.54 Å². The minimum Gasteiger partial charge on any atom is -0.444 e. The van der Waals surface area contributed by atoms with E-state index in [4.69, 9.17) is 4.74 Å². The molecule has 0 bridgehead atoms. The number of hydrogen-bond acceptors (Lipinski definition) is 3. The lowest BCUT2D eigenvalue weighted by atomic mass is 9.98. The minimum absolute atomic E-state index is 0.0206. The van der Waals surface area contributed by atoms with Gasteiger partial charge in [-0.1, -0.05) is 13.8 Å². The number of nitrogens with zero attached hydrogens (tertiary/aromatic N) is 3. The Bertz CT molecular complexity index is 500.